The van der Waals surface area contributed by atoms with Crippen LogP contribution >= 0.6 is 22.6 Å². The predicted molar refractivity (Wildman–Crippen MR) is 52.0 cm³/mol. The summed E-state index contributed by atoms with van der Waals surface area (Å²) in [5, 5.41) is 14.6. The number of aryl methyl sites for hydroxylation is 2. The Morgan fingerprint density at radius 2 is 2.33 bits per heavy atom. The highest BCUT2D eigenvalue weighted by Gasteiger charge is 2.21. The standard InChI is InChI=1S/C6H8IN3O2/c1-3-9-6(10(11)12)5(7)4(2)8-9/h3H2,1-2H3. The van der Waals surface area contributed by atoms with Crippen molar-refractivity contribution >= 4 is 28.4 Å². The van der Waals surface area contributed by atoms with Crippen molar-refractivity contribution in [3.63, 3.8) is 0 Å². The van der Waals surface area contributed by atoms with E-state index in [1.54, 1.807) is 6.92 Å². The molecule has 1 rings (SSSR count). The van der Waals surface area contributed by atoms with Gasteiger partial charge >= 0.3 is 5.82 Å². The van der Waals surface area contributed by atoms with Crippen LogP contribution < -0.4 is 0 Å². The Labute approximate surface area is 83.0 Å². The molecule has 66 valence electrons. The molecular formula is C6H8IN3O2. The van der Waals surface area contributed by atoms with Gasteiger partial charge in [-0.25, -0.2) is 0 Å². The number of nitro groups is 1. The molecule has 0 aliphatic heterocycles. The van der Waals surface area contributed by atoms with E-state index in [1.807, 2.05) is 29.5 Å². The van der Waals surface area contributed by atoms with E-state index >= 15 is 0 Å². The molecule has 0 unspecified atom stereocenters. The quantitative estimate of drug-likeness (QED) is 0.471. The summed E-state index contributed by atoms with van der Waals surface area (Å²) in [5.41, 5.74) is 0.712. The SMILES string of the molecule is CCn1nc(C)c(I)c1[N+](=O)[O-]. The highest BCUT2D eigenvalue weighted by atomic mass is 127. The van der Waals surface area contributed by atoms with Crippen LogP contribution in [-0.4, -0.2) is 14.7 Å². The summed E-state index contributed by atoms with van der Waals surface area (Å²) < 4.78 is 2.02. The number of hydrogen-bond acceptors (Lipinski definition) is 3. The molecule has 1 aromatic heterocycles. The van der Waals surface area contributed by atoms with Crippen molar-refractivity contribution in [1.29, 1.82) is 0 Å². The molecule has 0 radical (unpaired) electrons. The van der Waals surface area contributed by atoms with Crippen molar-refractivity contribution in [1.82, 2.24) is 9.78 Å². The minimum absolute atomic E-state index is 0.0931. The Kier molecular flexibility index (Phi) is 2.65. The van der Waals surface area contributed by atoms with Gasteiger partial charge in [0.05, 0.1) is 0 Å². The minimum Gasteiger partial charge on any atom is -0.358 e. The van der Waals surface area contributed by atoms with E-state index < -0.39 is 4.92 Å². The zero-order valence-electron chi connectivity index (χ0n) is 6.74. The van der Waals surface area contributed by atoms with Crippen molar-refractivity contribution < 1.29 is 4.92 Å². The molecule has 0 aliphatic rings. The van der Waals surface area contributed by atoms with Crippen molar-refractivity contribution in [3.8, 4) is 0 Å². The smallest absolute Gasteiger partial charge is 0.358 e. The molecule has 1 aromatic rings. The number of rotatable bonds is 2. The largest absolute Gasteiger partial charge is 0.358 e. The minimum atomic E-state index is -0.398. The topological polar surface area (TPSA) is 61.0 Å². The molecule has 6 heteroatoms. The van der Waals surface area contributed by atoms with E-state index in [0.29, 0.717) is 15.8 Å². The van der Waals surface area contributed by atoms with Gasteiger partial charge in [0.2, 0.25) is 0 Å². The van der Waals surface area contributed by atoms with Crippen LogP contribution in [0.5, 0.6) is 0 Å². The average Bonchev–Trinajstić information content (AvgIpc) is 2.28. The Balaban J connectivity index is 3.31. The molecule has 0 bridgehead atoms. The van der Waals surface area contributed by atoms with Gasteiger partial charge in [-0.05, 0) is 41.4 Å². The highest BCUT2D eigenvalue weighted by Crippen LogP contribution is 2.23. The highest BCUT2D eigenvalue weighted by molar-refractivity contribution is 14.1. The Hall–Kier alpha value is -0.660. The van der Waals surface area contributed by atoms with Crippen molar-refractivity contribution in [2.75, 3.05) is 0 Å². The van der Waals surface area contributed by atoms with Gasteiger partial charge in [0.1, 0.15) is 15.8 Å². The maximum atomic E-state index is 10.6. The fourth-order valence-corrected chi connectivity index (χ4v) is 1.53. The lowest BCUT2D eigenvalue weighted by Gasteiger charge is -1.94. The van der Waals surface area contributed by atoms with Gasteiger partial charge < -0.3 is 10.1 Å². The van der Waals surface area contributed by atoms with Crippen molar-refractivity contribution in [2.45, 2.75) is 20.4 Å². The summed E-state index contributed by atoms with van der Waals surface area (Å²) in [6.07, 6.45) is 0. The molecule has 0 aromatic carbocycles. The van der Waals surface area contributed by atoms with Crippen molar-refractivity contribution in [3.05, 3.63) is 19.4 Å². The molecule has 0 amide bonds. The van der Waals surface area contributed by atoms with Crippen LogP contribution in [0.1, 0.15) is 12.6 Å². The number of nitrogens with zero attached hydrogens (tertiary/aromatic N) is 3. The Morgan fingerprint density at radius 3 is 2.67 bits per heavy atom. The summed E-state index contributed by atoms with van der Waals surface area (Å²) in [4.78, 5) is 10.2. The fourth-order valence-electron chi connectivity index (χ4n) is 0.942. The zero-order chi connectivity index (χ0) is 9.30. The first kappa shape index (κ1) is 9.43. The summed E-state index contributed by atoms with van der Waals surface area (Å²) in [5.74, 6) is 0.0931. The first-order valence-corrected chi connectivity index (χ1v) is 4.53. The average molecular weight is 281 g/mol. The van der Waals surface area contributed by atoms with Gasteiger partial charge in [-0.1, -0.05) is 5.10 Å². The summed E-state index contributed by atoms with van der Waals surface area (Å²) in [7, 11) is 0. The molecule has 0 spiro atoms. The second-order valence-electron chi connectivity index (χ2n) is 2.30. The molecule has 5 nitrogen and oxygen atoms in total. The van der Waals surface area contributed by atoms with Gasteiger partial charge in [-0.2, -0.15) is 0 Å². The van der Waals surface area contributed by atoms with Gasteiger partial charge in [0.15, 0.2) is 0 Å². The summed E-state index contributed by atoms with van der Waals surface area (Å²) in [6, 6.07) is 0. The van der Waals surface area contributed by atoms with E-state index in [1.165, 1.54) is 4.68 Å². The molecule has 0 saturated carbocycles. The molecule has 0 aliphatic carbocycles. The molecule has 0 saturated heterocycles. The van der Waals surface area contributed by atoms with Crippen LogP contribution in [0.15, 0.2) is 0 Å². The lowest BCUT2D eigenvalue weighted by atomic mass is 10.5. The van der Waals surface area contributed by atoms with E-state index in [-0.39, 0.29) is 5.82 Å². The molecular weight excluding hydrogens is 273 g/mol. The second-order valence-corrected chi connectivity index (χ2v) is 3.37. The van der Waals surface area contributed by atoms with Gasteiger partial charge in [-0.15, -0.1) is 4.68 Å². The van der Waals surface area contributed by atoms with Crippen LogP contribution in [0.4, 0.5) is 5.82 Å². The first-order valence-electron chi connectivity index (χ1n) is 3.45. The van der Waals surface area contributed by atoms with Gasteiger partial charge in [0.25, 0.3) is 0 Å². The van der Waals surface area contributed by atoms with E-state index in [9.17, 15) is 10.1 Å². The Bertz CT molecular complexity index is 321. The Morgan fingerprint density at radius 1 is 1.75 bits per heavy atom. The van der Waals surface area contributed by atoms with E-state index in [4.69, 9.17) is 0 Å². The molecule has 0 fully saturated rings. The van der Waals surface area contributed by atoms with Crippen LogP contribution in [0.3, 0.4) is 0 Å². The third-order valence-electron chi connectivity index (χ3n) is 1.50. The predicted octanol–water partition coefficient (Wildman–Crippen LogP) is 1.72. The fraction of sp³-hybridized carbons (Fsp3) is 0.500. The summed E-state index contributed by atoms with van der Waals surface area (Å²) >= 11 is 1.94. The lowest BCUT2D eigenvalue weighted by molar-refractivity contribution is -0.393. The maximum absolute atomic E-state index is 10.6. The maximum Gasteiger partial charge on any atom is 0.358 e. The first-order chi connectivity index (χ1) is 5.57. The second kappa shape index (κ2) is 3.38. The van der Waals surface area contributed by atoms with E-state index in [0.717, 1.165) is 0 Å². The number of aromatic nitrogens is 2. The van der Waals surface area contributed by atoms with E-state index in [2.05, 4.69) is 5.10 Å². The van der Waals surface area contributed by atoms with Crippen molar-refractivity contribution in [2.24, 2.45) is 0 Å². The third-order valence-corrected chi connectivity index (χ3v) is 2.76. The number of hydrogen-bond donors (Lipinski definition) is 0. The third kappa shape index (κ3) is 1.43. The zero-order valence-corrected chi connectivity index (χ0v) is 8.90. The van der Waals surface area contributed by atoms with Gasteiger partial charge in [0, 0.05) is 0 Å². The van der Waals surface area contributed by atoms with Crippen LogP contribution in [0, 0.1) is 20.6 Å². The number of halogens is 1. The molecule has 1 heterocycles. The molecule has 0 atom stereocenters. The van der Waals surface area contributed by atoms with Crippen LogP contribution in [0.2, 0.25) is 0 Å². The monoisotopic (exact) mass is 281 g/mol. The van der Waals surface area contributed by atoms with Crippen LogP contribution in [-0.2, 0) is 6.54 Å². The lowest BCUT2D eigenvalue weighted by Crippen LogP contribution is -2.02. The van der Waals surface area contributed by atoms with Gasteiger partial charge in [-0.3, -0.25) is 0 Å². The normalized spacial score (nSPS) is 10.2. The van der Waals surface area contributed by atoms with Crippen LogP contribution in [0.25, 0.3) is 0 Å². The summed E-state index contributed by atoms with van der Waals surface area (Å²) in [6.45, 7) is 4.12. The molecule has 12 heavy (non-hydrogen) atoms. The molecule has 0 N–H and O–H groups in total.